The minimum atomic E-state index is 0.0996. The molecule has 2 heterocycles. The van der Waals surface area contributed by atoms with Gasteiger partial charge >= 0.3 is 0 Å². The Morgan fingerprint density at radius 1 is 1.62 bits per heavy atom. The van der Waals surface area contributed by atoms with Crippen molar-refractivity contribution in [1.29, 1.82) is 0 Å². The summed E-state index contributed by atoms with van der Waals surface area (Å²) in [4.78, 5) is 16.3. The third-order valence-corrected chi connectivity index (χ3v) is 3.69. The van der Waals surface area contributed by atoms with Crippen LogP contribution in [0.4, 0.5) is 0 Å². The molecule has 0 amide bonds. The summed E-state index contributed by atoms with van der Waals surface area (Å²) >= 11 is 4.88. The van der Waals surface area contributed by atoms with Crippen molar-refractivity contribution in [3.8, 4) is 10.7 Å². The van der Waals surface area contributed by atoms with Gasteiger partial charge in [-0.3, -0.25) is 4.79 Å². The van der Waals surface area contributed by atoms with Crippen molar-refractivity contribution < 1.29 is 9.32 Å². The van der Waals surface area contributed by atoms with Gasteiger partial charge in [0.15, 0.2) is 0 Å². The topological polar surface area (TPSA) is 56.0 Å². The van der Waals surface area contributed by atoms with E-state index in [9.17, 15) is 4.79 Å². The summed E-state index contributed by atoms with van der Waals surface area (Å²) in [5, 5.41) is 5.79. The first-order valence-corrected chi connectivity index (χ1v) is 6.45. The minimum Gasteiger partial charge on any atom is -0.338 e. The smallest absolute Gasteiger partial charge is 0.234 e. The molecule has 0 spiro atoms. The van der Waals surface area contributed by atoms with Crippen molar-refractivity contribution in [1.82, 2.24) is 10.1 Å². The highest BCUT2D eigenvalue weighted by Gasteiger charge is 2.12. The molecule has 0 aliphatic carbocycles. The summed E-state index contributed by atoms with van der Waals surface area (Å²) in [5.41, 5.74) is 0. The monoisotopic (exact) mass is 300 g/mol. The second-order valence-electron chi connectivity index (χ2n) is 3.21. The van der Waals surface area contributed by atoms with E-state index < -0.39 is 0 Å². The first-order chi connectivity index (χ1) is 7.69. The first-order valence-electron chi connectivity index (χ1n) is 4.77. The molecule has 4 nitrogen and oxygen atoms in total. The Morgan fingerprint density at radius 2 is 2.44 bits per heavy atom. The van der Waals surface area contributed by atoms with Crippen LogP contribution in [0.3, 0.4) is 0 Å². The number of rotatable bonds is 4. The summed E-state index contributed by atoms with van der Waals surface area (Å²) in [6, 6.07) is 1.92. The molecular formula is C10H9BrN2O2S. The van der Waals surface area contributed by atoms with E-state index in [1.54, 1.807) is 0 Å². The van der Waals surface area contributed by atoms with Crippen LogP contribution in [0.15, 0.2) is 20.4 Å². The first kappa shape index (κ1) is 11.5. The van der Waals surface area contributed by atoms with Crippen LogP contribution in [-0.2, 0) is 11.2 Å². The van der Waals surface area contributed by atoms with E-state index in [1.165, 1.54) is 11.3 Å². The maximum Gasteiger partial charge on any atom is 0.234 e. The summed E-state index contributed by atoms with van der Waals surface area (Å²) < 4.78 is 6.00. The lowest BCUT2D eigenvalue weighted by atomic mass is 10.2. The summed E-state index contributed by atoms with van der Waals surface area (Å²) in [5.74, 6) is 1.02. The molecule has 0 aliphatic heterocycles. The van der Waals surface area contributed by atoms with Crippen LogP contribution < -0.4 is 0 Å². The average Bonchev–Trinajstić information content (AvgIpc) is 2.87. The van der Waals surface area contributed by atoms with Gasteiger partial charge in [-0.2, -0.15) is 4.98 Å². The molecule has 0 radical (unpaired) electrons. The van der Waals surface area contributed by atoms with Crippen LogP contribution in [0, 0.1) is 0 Å². The molecule has 6 heteroatoms. The second-order valence-corrected chi connectivity index (χ2v) is 5.04. The standard InChI is InChI=1S/C10H9BrN2O2S/c1-2-7(14)4-9-12-10(13-15-9)8-3-6(11)5-16-8/h3,5H,2,4H2,1H3. The number of hydrogen-bond acceptors (Lipinski definition) is 5. The highest BCUT2D eigenvalue weighted by molar-refractivity contribution is 9.10. The molecule has 0 unspecified atom stereocenters. The Balaban J connectivity index is 2.16. The number of nitrogens with zero attached hydrogens (tertiary/aromatic N) is 2. The van der Waals surface area contributed by atoms with Gasteiger partial charge in [0.2, 0.25) is 11.7 Å². The number of carbonyl (C=O) groups excluding carboxylic acids is 1. The Bertz CT molecular complexity index is 506. The number of Topliss-reactive ketones (excluding diaryl/α,β-unsaturated/α-hetero) is 1. The van der Waals surface area contributed by atoms with E-state index >= 15 is 0 Å². The van der Waals surface area contributed by atoms with E-state index in [0.29, 0.717) is 18.1 Å². The van der Waals surface area contributed by atoms with Gasteiger partial charge in [-0.25, -0.2) is 0 Å². The summed E-state index contributed by atoms with van der Waals surface area (Å²) in [6.07, 6.45) is 0.707. The van der Waals surface area contributed by atoms with Crippen molar-refractivity contribution in [2.45, 2.75) is 19.8 Å². The Morgan fingerprint density at radius 3 is 3.06 bits per heavy atom. The van der Waals surface area contributed by atoms with Gasteiger partial charge in [0, 0.05) is 16.3 Å². The van der Waals surface area contributed by atoms with Crippen molar-refractivity contribution >= 4 is 33.0 Å². The maximum absolute atomic E-state index is 11.2. The largest absolute Gasteiger partial charge is 0.338 e. The van der Waals surface area contributed by atoms with Crippen molar-refractivity contribution in [3.63, 3.8) is 0 Å². The highest BCUT2D eigenvalue weighted by Crippen LogP contribution is 2.27. The molecule has 16 heavy (non-hydrogen) atoms. The number of aromatic nitrogens is 2. The normalized spacial score (nSPS) is 10.6. The van der Waals surface area contributed by atoms with Gasteiger partial charge in [-0.1, -0.05) is 12.1 Å². The quantitative estimate of drug-likeness (QED) is 0.871. The molecule has 2 rings (SSSR count). The van der Waals surface area contributed by atoms with Crippen LogP contribution in [0.5, 0.6) is 0 Å². The van der Waals surface area contributed by atoms with Gasteiger partial charge in [-0.05, 0) is 22.0 Å². The molecule has 2 aromatic rings. The number of halogens is 1. The minimum absolute atomic E-state index is 0.0996. The predicted molar refractivity (Wildman–Crippen MR) is 64.3 cm³/mol. The molecule has 0 N–H and O–H groups in total. The number of hydrogen-bond donors (Lipinski definition) is 0. The number of ketones is 1. The Hall–Kier alpha value is -1.01. The molecule has 2 aromatic heterocycles. The maximum atomic E-state index is 11.2. The van der Waals surface area contributed by atoms with Crippen molar-refractivity contribution in [2.75, 3.05) is 0 Å². The van der Waals surface area contributed by atoms with Crippen LogP contribution in [0.1, 0.15) is 19.2 Å². The lowest BCUT2D eigenvalue weighted by Gasteiger charge is -1.88. The summed E-state index contributed by atoms with van der Waals surface area (Å²) in [6.45, 7) is 1.82. The van der Waals surface area contributed by atoms with Crippen LogP contribution in [0.25, 0.3) is 10.7 Å². The molecule has 0 saturated carbocycles. The van der Waals surface area contributed by atoms with Crippen molar-refractivity contribution in [2.24, 2.45) is 0 Å². The van der Waals surface area contributed by atoms with Crippen LogP contribution in [0.2, 0.25) is 0 Å². The fraction of sp³-hybridized carbons (Fsp3) is 0.300. The Labute approximate surface area is 105 Å². The molecule has 0 aromatic carbocycles. The number of carbonyl (C=O) groups is 1. The fourth-order valence-electron chi connectivity index (χ4n) is 1.15. The SMILES string of the molecule is CCC(=O)Cc1nc(-c2cc(Br)cs2)no1. The summed E-state index contributed by atoms with van der Waals surface area (Å²) in [7, 11) is 0. The second kappa shape index (κ2) is 4.88. The third-order valence-electron chi connectivity index (χ3n) is 2.00. The van der Waals surface area contributed by atoms with Gasteiger partial charge in [-0.15, -0.1) is 11.3 Å². The number of thiophene rings is 1. The van der Waals surface area contributed by atoms with Crippen molar-refractivity contribution in [3.05, 3.63) is 21.8 Å². The van der Waals surface area contributed by atoms with Gasteiger partial charge in [0.1, 0.15) is 5.78 Å². The molecule has 0 saturated heterocycles. The molecular weight excluding hydrogens is 292 g/mol. The van der Waals surface area contributed by atoms with Crippen LogP contribution >= 0.6 is 27.3 Å². The van der Waals surface area contributed by atoms with E-state index in [2.05, 4.69) is 26.1 Å². The van der Waals surface area contributed by atoms with Crippen LogP contribution in [-0.4, -0.2) is 15.9 Å². The molecule has 0 fully saturated rings. The zero-order valence-corrected chi connectivity index (χ0v) is 11.0. The lowest BCUT2D eigenvalue weighted by Crippen LogP contribution is -2.00. The molecule has 0 atom stereocenters. The molecule has 0 bridgehead atoms. The Kier molecular flexibility index (Phi) is 3.50. The van der Waals surface area contributed by atoms with E-state index in [-0.39, 0.29) is 12.2 Å². The third kappa shape index (κ3) is 2.56. The van der Waals surface area contributed by atoms with E-state index in [0.717, 1.165) is 9.35 Å². The van der Waals surface area contributed by atoms with Gasteiger partial charge < -0.3 is 4.52 Å². The zero-order chi connectivity index (χ0) is 11.5. The fourth-order valence-corrected chi connectivity index (χ4v) is 2.50. The zero-order valence-electron chi connectivity index (χ0n) is 8.57. The van der Waals surface area contributed by atoms with Gasteiger partial charge in [0.25, 0.3) is 0 Å². The lowest BCUT2D eigenvalue weighted by molar-refractivity contribution is -0.118. The predicted octanol–water partition coefficient (Wildman–Crippen LogP) is 3.08. The molecule has 0 aliphatic rings. The van der Waals surface area contributed by atoms with E-state index in [4.69, 9.17) is 4.52 Å². The van der Waals surface area contributed by atoms with Gasteiger partial charge in [0.05, 0.1) is 11.3 Å². The highest BCUT2D eigenvalue weighted by atomic mass is 79.9. The average molecular weight is 301 g/mol. The van der Waals surface area contributed by atoms with E-state index in [1.807, 2.05) is 18.4 Å². The molecule has 84 valence electrons.